The molecule has 3 aromatic rings. The third-order valence-electron chi connectivity index (χ3n) is 2.47. The number of fused-ring (bicyclic) bond motifs is 1. The van der Waals surface area contributed by atoms with Gasteiger partial charge in [-0.2, -0.15) is 5.10 Å². The van der Waals surface area contributed by atoms with Gasteiger partial charge in [-0.15, -0.1) is 5.10 Å². The largest absolute Gasteiger partial charge is 0.338 e. The Morgan fingerprint density at radius 2 is 2.00 bits per heavy atom. The topological polar surface area (TPSA) is 41.6 Å². The van der Waals surface area contributed by atoms with E-state index in [9.17, 15) is 4.39 Å². The molecule has 0 bridgehead atoms. The number of nitrogens with one attached hydrogen (secondary N) is 1. The fourth-order valence-electron chi connectivity index (χ4n) is 1.70. The van der Waals surface area contributed by atoms with Crippen molar-refractivity contribution in [3.05, 3.63) is 48.4 Å². The third-order valence-corrected chi connectivity index (χ3v) is 2.47. The lowest BCUT2D eigenvalue weighted by Gasteiger charge is -1.98. The van der Waals surface area contributed by atoms with Crippen molar-refractivity contribution in [2.45, 2.75) is 0 Å². The Labute approximate surface area is 91.0 Å². The van der Waals surface area contributed by atoms with Crippen LogP contribution in [0.5, 0.6) is 0 Å². The molecule has 2 aromatic heterocycles. The number of benzene rings is 1. The Hall–Kier alpha value is -2.23. The smallest absolute Gasteiger partial charge is 0.160 e. The van der Waals surface area contributed by atoms with Crippen LogP contribution < -0.4 is 0 Å². The number of rotatable bonds is 1. The molecule has 0 fully saturated rings. The maximum Gasteiger partial charge on any atom is 0.160 e. The molecule has 1 N–H and O–H groups in total. The fourth-order valence-corrected chi connectivity index (χ4v) is 1.70. The van der Waals surface area contributed by atoms with E-state index in [-0.39, 0.29) is 5.82 Å². The summed E-state index contributed by atoms with van der Waals surface area (Å²) >= 11 is 0. The summed E-state index contributed by atoms with van der Waals surface area (Å²) in [6, 6.07) is 10.3. The number of aromatic amines is 1. The zero-order valence-corrected chi connectivity index (χ0v) is 8.31. The van der Waals surface area contributed by atoms with Crippen molar-refractivity contribution < 1.29 is 4.39 Å². The van der Waals surface area contributed by atoms with Gasteiger partial charge < -0.3 is 4.98 Å². The Balaban J connectivity index is 2.23. The van der Waals surface area contributed by atoms with Crippen LogP contribution in [0.1, 0.15) is 0 Å². The Morgan fingerprint density at radius 1 is 1.12 bits per heavy atom. The molecule has 0 unspecified atom stereocenters. The summed E-state index contributed by atoms with van der Waals surface area (Å²) in [6.07, 6.45) is 1.61. The number of H-pyrrole nitrogens is 1. The van der Waals surface area contributed by atoms with Gasteiger partial charge in [0, 0.05) is 10.9 Å². The zero-order chi connectivity index (χ0) is 11.0. The lowest BCUT2D eigenvalue weighted by Crippen LogP contribution is -1.83. The number of hydrogen-bond donors (Lipinski definition) is 1. The first-order valence-corrected chi connectivity index (χ1v) is 4.90. The van der Waals surface area contributed by atoms with Crippen molar-refractivity contribution in [3.8, 4) is 11.3 Å². The van der Waals surface area contributed by atoms with E-state index >= 15 is 0 Å². The molecule has 0 saturated heterocycles. The first kappa shape index (κ1) is 9.03. The van der Waals surface area contributed by atoms with Crippen LogP contribution in [0.25, 0.3) is 22.3 Å². The minimum absolute atomic E-state index is 0.248. The molecule has 0 aliphatic carbocycles. The molecule has 0 saturated carbocycles. The molecule has 0 atom stereocenters. The predicted molar refractivity (Wildman–Crippen MR) is 59.3 cm³/mol. The summed E-state index contributed by atoms with van der Waals surface area (Å²) in [4.78, 5) is 3.04. The molecular weight excluding hydrogens is 205 g/mol. The highest BCUT2D eigenvalue weighted by molar-refractivity contribution is 5.82. The first-order valence-electron chi connectivity index (χ1n) is 4.90. The molecule has 3 nitrogen and oxygen atoms in total. The fraction of sp³-hybridized carbons (Fsp3) is 0. The van der Waals surface area contributed by atoms with Crippen LogP contribution in [0, 0.1) is 5.82 Å². The Bertz CT molecular complexity index is 612. The monoisotopic (exact) mass is 213 g/mol. The molecule has 3 rings (SSSR count). The number of halogens is 1. The summed E-state index contributed by atoms with van der Waals surface area (Å²) in [5.74, 6) is -0.248. The van der Waals surface area contributed by atoms with E-state index in [1.54, 1.807) is 24.4 Å². The van der Waals surface area contributed by atoms with E-state index < -0.39 is 0 Å². The summed E-state index contributed by atoms with van der Waals surface area (Å²) in [7, 11) is 0. The molecule has 1 aromatic carbocycles. The van der Waals surface area contributed by atoms with Crippen LogP contribution in [-0.4, -0.2) is 15.2 Å². The summed E-state index contributed by atoms with van der Waals surface area (Å²) in [5.41, 5.74) is 1.93. The van der Waals surface area contributed by atoms with Gasteiger partial charge in [-0.25, -0.2) is 4.39 Å². The number of aromatic nitrogens is 3. The van der Waals surface area contributed by atoms with Gasteiger partial charge >= 0.3 is 0 Å². The minimum Gasteiger partial charge on any atom is -0.338 e. The second kappa shape index (κ2) is 3.41. The summed E-state index contributed by atoms with van der Waals surface area (Å²) in [5, 5.41) is 8.62. The minimum atomic E-state index is -0.248. The van der Waals surface area contributed by atoms with Crippen molar-refractivity contribution in [2.24, 2.45) is 0 Å². The maximum absolute atomic E-state index is 13.5. The molecular formula is C12H8FN3. The van der Waals surface area contributed by atoms with Gasteiger partial charge in [0.05, 0.1) is 11.9 Å². The second-order valence-electron chi connectivity index (χ2n) is 3.50. The molecule has 16 heavy (non-hydrogen) atoms. The molecule has 0 radical (unpaired) electrons. The molecule has 2 heterocycles. The predicted octanol–water partition coefficient (Wildman–Crippen LogP) is 2.76. The van der Waals surface area contributed by atoms with Gasteiger partial charge in [0.15, 0.2) is 5.65 Å². The van der Waals surface area contributed by atoms with Crippen LogP contribution in [0.2, 0.25) is 0 Å². The third kappa shape index (κ3) is 1.35. The normalized spacial score (nSPS) is 10.8. The molecule has 0 spiro atoms. The van der Waals surface area contributed by atoms with E-state index in [0.717, 1.165) is 5.39 Å². The summed E-state index contributed by atoms with van der Waals surface area (Å²) < 4.78 is 13.5. The molecule has 78 valence electrons. The molecule has 0 aliphatic heterocycles. The second-order valence-corrected chi connectivity index (χ2v) is 3.50. The Kier molecular flexibility index (Phi) is 1.93. The van der Waals surface area contributed by atoms with Gasteiger partial charge in [0.25, 0.3) is 0 Å². The van der Waals surface area contributed by atoms with Crippen LogP contribution in [0.15, 0.2) is 42.6 Å². The van der Waals surface area contributed by atoms with E-state index in [4.69, 9.17) is 0 Å². The quantitative estimate of drug-likeness (QED) is 0.675. The zero-order valence-electron chi connectivity index (χ0n) is 8.31. The molecule has 0 aliphatic rings. The first-order chi connectivity index (χ1) is 7.84. The van der Waals surface area contributed by atoms with Crippen molar-refractivity contribution >= 4 is 11.0 Å². The lowest BCUT2D eigenvalue weighted by atomic mass is 10.1. The van der Waals surface area contributed by atoms with Gasteiger partial charge in [0.1, 0.15) is 5.82 Å². The Morgan fingerprint density at radius 3 is 2.81 bits per heavy atom. The van der Waals surface area contributed by atoms with Crippen LogP contribution in [-0.2, 0) is 0 Å². The molecule has 4 heteroatoms. The highest BCUT2D eigenvalue weighted by Gasteiger charge is 2.07. The van der Waals surface area contributed by atoms with Crippen LogP contribution in [0.4, 0.5) is 4.39 Å². The SMILES string of the molecule is Fc1ccccc1-c1cc2ccnnc2[nH]1. The lowest BCUT2D eigenvalue weighted by molar-refractivity contribution is 0.631. The van der Waals surface area contributed by atoms with E-state index in [1.807, 2.05) is 12.1 Å². The van der Waals surface area contributed by atoms with Crippen molar-refractivity contribution in [1.29, 1.82) is 0 Å². The van der Waals surface area contributed by atoms with Crippen LogP contribution >= 0.6 is 0 Å². The standard InChI is InChI=1S/C12H8FN3/c13-10-4-2-1-3-9(10)11-7-8-5-6-14-16-12(8)15-11/h1-7H,(H,15,16). The van der Waals surface area contributed by atoms with Crippen molar-refractivity contribution in [1.82, 2.24) is 15.2 Å². The van der Waals surface area contributed by atoms with E-state index in [2.05, 4.69) is 15.2 Å². The van der Waals surface area contributed by atoms with Gasteiger partial charge in [-0.05, 0) is 24.3 Å². The number of hydrogen-bond acceptors (Lipinski definition) is 2. The molecule has 0 amide bonds. The average molecular weight is 213 g/mol. The number of nitrogens with zero attached hydrogens (tertiary/aromatic N) is 2. The van der Waals surface area contributed by atoms with Gasteiger partial charge in [0.2, 0.25) is 0 Å². The van der Waals surface area contributed by atoms with E-state index in [1.165, 1.54) is 6.07 Å². The summed E-state index contributed by atoms with van der Waals surface area (Å²) in [6.45, 7) is 0. The highest BCUT2D eigenvalue weighted by atomic mass is 19.1. The highest BCUT2D eigenvalue weighted by Crippen LogP contribution is 2.24. The van der Waals surface area contributed by atoms with E-state index in [0.29, 0.717) is 16.9 Å². The maximum atomic E-state index is 13.5. The van der Waals surface area contributed by atoms with Gasteiger partial charge in [-0.3, -0.25) is 0 Å². The van der Waals surface area contributed by atoms with Crippen molar-refractivity contribution in [2.75, 3.05) is 0 Å². The van der Waals surface area contributed by atoms with Crippen LogP contribution in [0.3, 0.4) is 0 Å². The van der Waals surface area contributed by atoms with Gasteiger partial charge in [-0.1, -0.05) is 12.1 Å². The average Bonchev–Trinajstić information content (AvgIpc) is 2.73. The van der Waals surface area contributed by atoms with Crippen molar-refractivity contribution in [3.63, 3.8) is 0 Å².